The predicted molar refractivity (Wildman–Crippen MR) is 124 cm³/mol. The van der Waals surface area contributed by atoms with Crippen LogP contribution < -0.4 is 10.1 Å². The highest BCUT2D eigenvalue weighted by Crippen LogP contribution is 2.48. The molecule has 1 atom stereocenters. The Bertz CT molecular complexity index is 1240. The first kappa shape index (κ1) is 19.6. The largest absolute Gasteiger partial charge is 0.496 e. The lowest BCUT2D eigenvalue weighted by Gasteiger charge is -2.38. The number of carbonyl (C=O) groups is 1. The first-order chi connectivity index (χ1) is 15.0. The summed E-state index contributed by atoms with van der Waals surface area (Å²) >= 11 is 0. The van der Waals surface area contributed by atoms with Crippen LogP contribution in [0, 0.1) is 5.41 Å². The molecule has 2 heterocycles. The fourth-order valence-corrected chi connectivity index (χ4v) is 4.93. The summed E-state index contributed by atoms with van der Waals surface area (Å²) < 4.78 is 5.80. The smallest absolute Gasteiger partial charge is 0.162 e. The standard InChI is InChI=1S/C27H26N2O2/c1-27(2)15-22-26(23(30)16-27)19(14-21(29-22)20-10-6-7-13-28-20)25-18-9-5-4-8-17(18)11-12-24(25)31-3/h4-14,19,29H,15-16H2,1-3H3. The van der Waals surface area contributed by atoms with Gasteiger partial charge in [0.25, 0.3) is 0 Å². The number of Topliss-reactive ketones (excluding diaryl/α,β-unsaturated/α-hetero) is 1. The summed E-state index contributed by atoms with van der Waals surface area (Å²) in [6.07, 6.45) is 5.30. The average Bonchev–Trinajstić information content (AvgIpc) is 2.77. The molecule has 3 aromatic rings. The number of nitrogens with one attached hydrogen (secondary N) is 1. The molecule has 0 spiro atoms. The molecule has 0 saturated carbocycles. The zero-order valence-electron chi connectivity index (χ0n) is 18.1. The van der Waals surface area contributed by atoms with Gasteiger partial charge in [-0.2, -0.15) is 0 Å². The number of pyridine rings is 1. The van der Waals surface area contributed by atoms with Crippen LogP contribution in [0.25, 0.3) is 16.5 Å². The number of hydrogen-bond acceptors (Lipinski definition) is 4. The molecule has 5 rings (SSSR count). The van der Waals surface area contributed by atoms with Gasteiger partial charge in [-0.05, 0) is 46.9 Å². The number of hydrogen-bond donors (Lipinski definition) is 1. The van der Waals surface area contributed by atoms with Crippen LogP contribution in [0.4, 0.5) is 0 Å². The van der Waals surface area contributed by atoms with E-state index in [1.54, 1.807) is 13.3 Å². The van der Waals surface area contributed by atoms with Crippen LogP contribution in [-0.2, 0) is 4.79 Å². The Balaban J connectivity index is 1.78. The third-order valence-electron chi connectivity index (χ3n) is 6.25. The highest BCUT2D eigenvalue weighted by molar-refractivity contribution is 6.02. The molecule has 0 amide bonds. The van der Waals surface area contributed by atoms with E-state index < -0.39 is 0 Å². The van der Waals surface area contributed by atoms with E-state index in [1.165, 1.54) is 0 Å². The lowest BCUT2D eigenvalue weighted by molar-refractivity contribution is -0.118. The van der Waals surface area contributed by atoms with Crippen molar-refractivity contribution in [2.24, 2.45) is 5.41 Å². The molecule has 4 heteroatoms. The van der Waals surface area contributed by atoms with E-state index in [4.69, 9.17) is 4.74 Å². The van der Waals surface area contributed by atoms with Crippen LogP contribution in [0.1, 0.15) is 43.9 Å². The second-order valence-electron chi connectivity index (χ2n) is 9.13. The average molecular weight is 411 g/mol. The number of ketones is 1. The molecule has 1 aromatic heterocycles. The summed E-state index contributed by atoms with van der Waals surface area (Å²) in [6.45, 7) is 4.31. The summed E-state index contributed by atoms with van der Waals surface area (Å²) in [5.74, 6) is 0.805. The molecule has 156 valence electrons. The van der Waals surface area contributed by atoms with Crippen molar-refractivity contribution < 1.29 is 9.53 Å². The van der Waals surface area contributed by atoms with Gasteiger partial charge >= 0.3 is 0 Å². The lowest BCUT2D eigenvalue weighted by atomic mass is 9.70. The Morgan fingerprint density at radius 1 is 1.03 bits per heavy atom. The van der Waals surface area contributed by atoms with E-state index in [1.807, 2.05) is 36.4 Å². The number of rotatable bonds is 3. The Morgan fingerprint density at radius 2 is 1.84 bits per heavy atom. The fourth-order valence-electron chi connectivity index (χ4n) is 4.93. The van der Waals surface area contributed by atoms with Crippen molar-refractivity contribution >= 4 is 22.3 Å². The number of allylic oxidation sites excluding steroid dienone is 3. The van der Waals surface area contributed by atoms with Crippen molar-refractivity contribution in [2.75, 3.05) is 7.11 Å². The van der Waals surface area contributed by atoms with Crippen molar-refractivity contribution in [1.82, 2.24) is 10.3 Å². The summed E-state index contributed by atoms with van der Waals surface area (Å²) in [7, 11) is 1.69. The van der Waals surface area contributed by atoms with E-state index in [0.29, 0.717) is 6.42 Å². The molecule has 0 bridgehead atoms. The molecule has 2 aromatic carbocycles. The van der Waals surface area contributed by atoms with Gasteiger partial charge < -0.3 is 10.1 Å². The van der Waals surface area contributed by atoms with Crippen LogP contribution in [0.2, 0.25) is 0 Å². The molecule has 1 aliphatic heterocycles. The van der Waals surface area contributed by atoms with Crippen molar-refractivity contribution in [2.45, 2.75) is 32.6 Å². The SMILES string of the molecule is COc1ccc2ccccc2c1C1C=C(c2ccccn2)NC2=C1C(=O)CC(C)(C)C2. The summed E-state index contributed by atoms with van der Waals surface area (Å²) in [6, 6.07) is 18.3. The number of methoxy groups -OCH3 is 1. The molecular weight excluding hydrogens is 384 g/mol. The van der Waals surface area contributed by atoms with Crippen molar-refractivity contribution in [3.05, 3.63) is 89.4 Å². The minimum atomic E-state index is -0.196. The minimum Gasteiger partial charge on any atom is -0.496 e. The summed E-state index contributed by atoms with van der Waals surface area (Å²) in [5, 5.41) is 5.80. The second-order valence-corrected chi connectivity index (χ2v) is 9.13. The predicted octanol–water partition coefficient (Wildman–Crippen LogP) is 5.61. The van der Waals surface area contributed by atoms with Gasteiger partial charge in [0, 0.05) is 35.4 Å². The Labute approximate surface area is 182 Å². The number of fused-ring (bicyclic) bond motifs is 1. The van der Waals surface area contributed by atoms with Crippen LogP contribution in [0.15, 0.2) is 78.1 Å². The van der Waals surface area contributed by atoms with Crippen molar-refractivity contribution in [3.8, 4) is 5.75 Å². The van der Waals surface area contributed by atoms with Gasteiger partial charge in [-0.25, -0.2) is 0 Å². The monoisotopic (exact) mass is 410 g/mol. The molecule has 1 N–H and O–H groups in total. The maximum Gasteiger partial charge on any atom is 0.162 e. The van der Waals surface area contributed by atoms with Gasteiger partial charge in [-0.1, -0.05) is 50.2 Å². The van der Waals surface area contributed by atoms with E-state index in [0.717, 1.165) is 51.2 Å². The van der Waals surface area contributed by atoms with Crippen LogP contribution in [-0.4, -0.2) is 17.9 Å². The zero-order chi connectivity index (χ0) is 21.6. The fraction of sp³-hybridized carbons (Fsp3) is 0.259. The molecule has 1 aliphatic carbocycles. The quantitative estimate of drug-likeness (QED) is 0.609. The molecule has 2 aliphatic rings. The van der Waals surface area contributed by atoms with E-state index in [-0.39, 0.29) is 17.1 Å². The van der Waals surface area contributed by atoms with E-state index in [2.05, 4.69) is 48.4 Å². The summed E-state index contributed by atoms with van der Waals surface area (Å²) in [4.78, 5) is 18.0. The number of benzene rings is 2. The topological polar surface area (TPSA) is 51.2 Å². The van der Waals surface area contributed by atoms with Gasteiger partial charge in [-0.15, -0.1) is 0 Å². The number of aromatic nitrogens is 1. The third-order valence-corrected chi connectivity index (χ3v) is 6.25. The van der Waals surface area contributed by atoms with Gasteiger partial charge in [0.15, 0.2) is 5.78 Å². The second kappa shape index (κ2) is 7.38. The first-order valence-corrected chi connectivity index (χ1v) is 10.7. The maximum atomic E-state index is 13.4. The number of ether oxygens (including phenoxy) is 1. The van der Waals surface area contributed by atoms with Gasteiger partial charge in [0.2, 0.25) is 0 Å². The van der Waals surface area contributed by atoms with Crippen LogP contribution >= 0.6 is 0 Å². The number of nitrogens with zero attached hydrogens (tertiary/aromatic N) is 1. The third kappa shape index (κ3) is 3.42. The molecule has 31 heavy (non-hydrogen) atoms. The highest BCUT2D eigenvalue weighted by Gasteiger charge is 2.40. The van der Waals surface area contributed by atoms with Crippen molar-refractivity contribution in [1.29, 1.82) is 0 Å². The van der Waals surface area contributed by atoms with E-state index in [9.17, 15) is 4.79 Å². The minimum absolute atomic E-state index is 0.0805. The van der Waals surface area contributed by atoms with Gasteiger partial charge in [-0.3, -0.25) is 9.78 Å². The number of carbonyl (C=O) groups excluding carboxylic acids is 1. The first-order valence-electron chi connectivity index (χ1n) is 10.7. The number of dihydropyridines is 1. The van der Waals surface area contributed by atoms with Crippen molar-refractivity contribution in [3.63, 3.8) is 0 Å². The Morgan fingerprint density at radius 3 is 2.61 bits per heavy atom. The lowest BCUT2D eigenvalue weighted by Crippen LogP contribution is -2.35. The summed E-state index contributed by atoms with van der Waals surface area (Å²) in [5.41, 5.74) is 4.62. The highest BCUT2D eigenvalue weighted by atomic mass is 16.5. The normalized spacial score (nSPS) is 20.2. The van der Waals surface area contributed by atoms with Gasteiger partial charge in [0.1, 0.15) is 5.75 Å². The molecule has 1 unspecified atom stereocenters. The molecule has 0 saturated heterocycles. The Kier molecular flexibility index (Phi) is 4.66. The zero-order valence-corrected chi connectivity index (χ0v) is 18.1. The molecular formula is C27H26N2O2. The molecule has 0 fully saturated rings. The van der Waals surface area contributed by atoms with Crippen LogP contribution in [0.3, 0.4) is 0 Å². The van der Waals surface area contributed by atoms with E-state index >= 15 is 0 Å². The molecule has 4 nitrogen and oxygen atoms in total. The van der Waals surface area contributed by atoms with Gasteiger partial charge in [0.05, 0.1) is 18.5 Å². The van der Waals surface area contributed by atoms with Crippen LogP contribution in [0.5, 0.6) is 5.75 Å². The maximum absolute atomic E-state index is 13.4. The Hall–Kier alpha value is -3.40. The molecule has 0 radical (unpaired) electrons.